The average Bonchev–Trinajstić information content (AvgIpc) is 2.52. The van der Waals surface area contributed by atoms with Crippen molar-refractivity contribution in [3.05, 3.63) is 59.7 Å². The molecule has 2 rings (SSSR count). The van der Waals surface area contributed by atoms with E-state index in [0.29, 0.717) is 17.0 Å². The molecule has 0 saturated carbocycles. The van der Waals surface area contributed by atoms with E-state index in [1.165, 1.54) is 12.5 Å². The lowest BCUT2D eigenvalue weighted by atomic mass is 10.1. The van der Waals surface area contributed by atoms with Crippen LogP contribution in [0.1, 0.15) is 29.8 Å². The highest BCUT2D eigenvalue weighted by molar-refractivity contribution is 5.97. The zero-order valence-electron chi connectivity index (χ0n) is 12.8. The summed E-state index contributed by atoms with van der Waals surface area (Å²) in [5.74, 6) is 0.321. The number of benzene rings is 2. The summed E-state index contributed by atoms with van der Waals surface area (Å²) in [6, 6.07) is 14.5. The number of carbonyl (C=O) groups is 2. The monoisotopic (exact) mass is 297 g/mol. The van der Waals surface area contributed by atoms with Gasteiger partial charge in [0.05, 0.1) is 0 Å². The van der Waals surface area contributed by atoms with E-state index >= 15 is 0 Å². The number of hydrogen-bond donors (Lipinski definition) is 1. The molecule has 0 heterocycles. The highest BCUT2D eigenvalue weighted by Crippen LogP contribution is 2.17. The number of anilines is 1. The van der Waals surface area contributed by atoms with E-state index in [-0.39, 0.29) is 18.3 Å². The van der Waals surface area contributed by atoms with Gasteiger partial charge in [-0.1, -0.05) is 37.3 Å². The Labute approximate surface area is 130 Å². The van der Waals surface area contributed by atoms with Gasteiger partial charge in [-0.3, -0.25) is 9.59 Å². The van der Waals surface area contributed by atoms with Crippen LogP contribution in [0.3, 0.4) is 0 Å². The van der Waals surface area contributed by atoms with Crippen molar-refractivity contribution in [2.45, 2.75) is 20.3 Å². The van der Waals surface area contributed by atoms with Crippen LogP contribution in [0.15, 0.2) is 48.5 Å². The molecule has 4 nitrogen and oxygen atoms in total. The molecule has 0 unspecified atom stereocenters. The third-order valence-corrected chi connectivity index (χ3v) is 3.21. The lowest BCUT2D eigenvalue weighted by Gasteiger charge is -2.08. The number of amides is 1. The first-order valence-electron chi connectivity index (χ1n) is 7.21. The predicted octanol–water partition coefficient (Wildman–Crippen LogP) is 3.47. The van der Waals surface area contributed by atoms with Crippen LogP contribution in [0, 0.1) is 0 Å². The summed E-state index contributed by atoms with van der Waals surface area (Å²) >= 11 is 0. The van der Waals surface area contributed by atoms with Crippen molar-refractivity contribution in [1.82, 2.24) is 0 Å². The summed E-state index contributed by atoms with van der Waals surface area (Å²) in [6.07, 6.45) is 0.945. The zero-order valence-corrected chi connectivity index (χ0v) is 12.8. The molecule has 0 saturated heterocycles. The fourth-order valence-corrected chi connectivity index (χ4v) is 2.03. The summed E-state index contributed by atoms with van der Waals surface area (Å²) in [5.41, 5.74) is 2.47. The third-order valence-electron chi connectivity index (χ3n) is 3.21. The molecule has 4 heteroatoms. The Bertz CT molecular complexity index is 662. The highest BCUT2D eigenvalue weighted by Gasteiger charge is 2.07. The standard InChI is InChI=1S/C18H19NO3/c1-3-14-7-9-15(10-8-14)18(21)12-22-17-6-4-5-16(11-17)19-13(2)20/h4-11H,3,12H2,1-2H3,(H,19,20). The number of hydrogen-bond acceptors (Lipinski definition) is 3. The van der Waals surface area contributed by atoms with Gasteiger partial charge < -0.3 is 10.1 Å². The lowest BCUT2D eigenvalue weighted by molar-refractivity contribution is -0.114. The molecule has 1 N–H and O–H groups in total. The zero-order chi connectivity index (χ0) is 15.9. The van der Waals surface area contributed by atoms with Gasteiger partial charge in [0.2, 0.25) is 5.91 Å². The number of aryl methyl sites for hydroxylation is 1. The molecule has 0 aliphatic rings. The van der Waals surface area contributed by atoms with Crippen LogP contribution in [-0.4, -0.2) is 18.3 Å². The van der Waals surface area contributed by atoms with Crippen molar-refractivity contribution in [2.24, 2.45) is 0 Å². The van der Waals surface area contributed by atoms with Gasteiger partial charge >= 0.3 is 0 Å². The van der Waals surface area contributed by atoms with E-state index in [9.17, 15) is 9.59 Å². The molecule has 0 spiro atoms. The van der Waals surface area contributed by atoms with E-state index < -0.39 is 0 Å². The molecule has 0 aliphatic heterocycles. The van der Waals surface area contributed by atoms with Gasteiger partial charge in [0.25, 0.3) is 0 Å². The Kier molecular flexibility index (Phi) is 5.31. The molecule has 0 radical (unpaired) electrons. The van der Waals surface area contributed by atoms with Gasteiger partial charge in [-0.25, -0.2) is 0 Å². The van der Waals surface area contributed by atoms with E-state index in [0.717, 1.165) is 6.42 Å². The Morgan fingerprint density at radius 1 is 1.09 bits per heavy atom. The molecule has 2 aromatic rings. The van der Waals surface area contributed by atoms with Crippen molar-refractivity contribution in [1.29, 1.82) is 0 Å². The number of Topliss-reactive ketones (excluding diaryl/α,β-unsaturated/α-hetero) is 1. The van der Waals surface area contributed by atoms with Crippen molar-refractivity contribution >= 4 is 17.4 Å². The van der Waals surface area contributed by atoms with Crippen LogP contribution in [-0.2, 0) is 11.2 Å². The number of nitrogens with one attached hydrogen (secondary N) is 1. The second kappa shape index (κ2) is 7.41. The maximum absolute atomic E-state index is 12.1. The maximum atomic E-state index is 12.1. The van der Waals surface area contributed by atoms with Crippen LogP contribution < -0.4 is 10.1 Å². The molecular formula is C18H19NO3. The van der Waals surface area contributed by atoms with Gasteiger partial charge in [-0.05, 0) is 24.1 Å². The fourth-order valence-electron chi connectivity index (χ4n) is 2.03. The first-order valence-corrected chi connectivity index (χ1v) is 7.21. The summed E-state index contributed by atoms with van der Waals surface area (Å²) in [4.78, 5) is 23.1. The van der Waals surface area contributed by atoms with Crippen LogP contribution in [0.25, 0.3) is 0 Å². The highest BCUT2D eigenvalue weighted by atomic mass is 16.5. The quantitative estimate of drug-likeness (QED) is 0.831. The maximum Gasteiger partial charge on any atom is 0.221 e. The molecule has 22 heavy (non-hydrogen) atoms. The smallest absolute Gasteiger partial charge is 0.221 e. The summed E-state index contributed by atoms with van der Waals surface area (Å²) in [7, 11) is 0. The third kappa shape index (κ3) is 4.45. The number of rotatable bonds is 6. The molecule has 1 amide bonds. The predicted molar refractivity (Wildman–Crippen MR) is 86.4 cm³/mol. The van der Waals surface area contributed by atoms with Gasteiger partial charge in [0.1, 0.15) is 5.75 Å². The number of ether oxygens (including phenoxy) is 1. The molecular weight excluding hydrogens is 278 g/mol. The Hall–Kier alpha value is -2.62. The van der Waals surface area contributed by atoms with Crippen LogP contribution in [0.5, 0.6) is 5.75 Å². The molecule has 0 atom stereocenters. The Balaban J connectivity index is 1.96. The van der Waals surface area contributed by atoms with Crippen LogP contribution in [0.4, 0.5) is 5.69 Å². The molecule has 0 bridgehead atoms. The molecule has 114 valence electrons. The minimum atomic E-state index is -0.149. The van der Waals surface area contributed by atoms with E-state index in [1.54, 1.807) is 24.3 Å². The first-order chi connectivity index (χ1) is 10.6. The van der Waals surface area contributed by atoms with Gasteiger partial charge in [0, 0.05) is 24.2 Å². The molecule has 0 aromatic heterocycles. The second-order valence-electron chi connectivity index (χ2n) is 4.97. The summed E-state index contributed by atoms with van der Waals surface area (Å²) in [6.45, 7) is 3.48. The van der Waals surface area contributed by atoms with E-state index in [4.69, 9.17) is 4.74 Å². The van der Waals surface area contributed by atoms with Crippen molar-refractivity contribution in [3.63, 3.8) is 0 Å². The van der Waals surface area contributed by atoms with Crippen LogP contribution >= 0.6 is 0 Å². The largest absolute Gasteiger partial charge is 0.485 e. The Morgan fingerprint density at radius 3 is 2.45 bits per heavy atom. The van der Waals surface area contributed by atoms with E-state index in [2.05, 4.69) is 12.2 Å². The number of carbonyl (C=O) groups excluding carboxylic acids is 2. The van der Waals surface area contributed by atoms with Gasteiger partial charge in [-0.2, -0.15) is 0 Å². The van der Waals surface area contributed by atoms with E-state index in [1.807, 2.05) is 24.3 Å². The van der Waals surface area contributed by atoms with Crippen molar-refractivity contribution in [2.75, 3.05) is 11.9 Å². The average molecular weight is 297 g/mol. The minimum Gasteiger partial charge on any atom is -0.485 e. The SMILES string of the molecule is CCc1ccc(C(=O)COc2cccc(NC(C)=O)c2)cc1. The minimum absolute atomic E-state index is 0.0327. The summed E-state index contributed by atoms with van der Waals surface area (Å²) < 4.78 is 5.50. The van der Waals surface area contributed by atoms with Crippen molar-refractivity contribution in [3.8, 4) is 5.75 Å². The topological polar surface area (TPSA) is 55.4 Å². The molecule has 0 fully saturated rings. The Morgan fingerprint density at radius 2 is 1.82 bits per heavy atom. The lowest BCUT2D eigenvalue weighted by Crippen LogP contribution is -2.12. The van der Waals surface area contributed by atoms with Gasteiger partial charge in [-0.15, -0.1) is 0 Å². The van der Waals surface area contributed by atoms with Crippen molar-refractivity contribution < 1.29 is 14.3 Å². The first kappa shape index (κ1) is 15.8. The van der Waals surface area contributed by atoms with Gasteiger partial charge in [0.15, 0.2) is 12.4 Å². The molecule has 0 aliphatic carbocycles. The summed E-state index contributed by atoms with van der Waals surface area (Å²) in [5, 5.41) is 2.67. The number of ketones is 1. The normalized spacial score (nSPS) is 10.1. The second-order valence-corrected chi connectivity index (χ2v) is 4.97. The fraction of sp³-hybridized carbons (Fsp3) is 0.222. The van der Waals surface area contributed by atoms with Crippen LogP contribution in [0.2, 0.25) is 0 Å². The molecule has 2 aromatic carbocycles.